The minimum atomic E-state index is -0.546. The molecule has 1 amide bonds. The fourth-order valence-electron chi connectivity index (χ4n) is 3.57. The van der Waals surface area contributed by atoms with Gasteiger partial charge in [-0.05, 0) is 32.3 Å². The Bertz CT molecular complexity index is 608. The second-order valence-corrected chi connectivity index (χ2v) is 7.54. The number of nitrogens with two attached hydrogens (primary N) is 1. The Balaban J connectivity index is 1.63. The fraction of sp³-hybridized carbons (Fsp3) is 0.556. The first-order valence-corrected chi connectivity index (χ1v) is 8.11. The van der Waals surface area contributed by atoms with E-state index in [-0.39, 0.29) is 35.6 Å². The lowest BCUT2D eigenvalue weighted by atomic mass is 9.74. The van der Waals surface area contributed by atoms with E-state index in [4.69, 9.17) is 10.5 Å². The first-order valence-electron chi connectivity index (χ1n) is 8.11. The monoisotopic (exact) mass is 316 g/mol. The molecule has 0 aliphatic heterocycles. The molecule has 2 aliphatic carbocycles. The molecule has 1 aromatic rings. The third-order valence-corrected chi connectivity index (χ3v) is 4.66. The molecule has 0 heterocycles. The van der Waals surface area contributed by atoms with Gasteiger partial charge in [0.05, 0.1) is 0 Å². The van der Waals surface area contributed by atoms with Gasteiger partial charge in [0.1, 0.15) is 11.4 Å². The van der Waals surface area contributed by atoms with Gasteiger partial charge >= 0.3 is 6.09 Å². The zero-order valence-electron chi connectivity index (χ0n) is 13.8. The molecule has 124 valence electrons. The Hall–Kier alpha value is -1.88. The van der Waals surface area contributed by atoms with Crippen LogP contribution in [0, 0.1) is 11.8 Å². The lowest BCUT2D eigenvalue weighted by molar-refractivity contribution is -0.132. The van der Waals surface area contributed by atoms with Crippen molar-refractivity contribution in [2.75, 3.05) is 0 Å². The van der Waals surface area contributed by atoms with Gasteiger partial charge in [0.2, 0.25) is 0 Å². The van der Waals surface area contributed by atoms with E-state index in [0.717, 1.165) is 0 Å². The van der Waals surface area contributed by atoms with Gasteiger partial charge in [0.25, 0.3) is 0 Å². The summed E-state index contributed by atoms with van der Waals surface area (Å²) in [5.41, 5.74) is 6.84. The van der Waals surface area contributed by atoms with Gasteiger partial charge < -0.3 is 15.8 Å². The molecule has 1 aromatic carbocycles. The quantitative estimate of drug-likeness (QED) is 0.896. The van der Waals surface area contributed by atoms with Crippen molar-refractivity contribution in [1.29, 1.82) is 0 Å². The second-order valence-electron chi connectivity index (χ2n) is 7.54. The molecule has 2 aliphatic rings. The summed E-state index contributed by atoms with van der Waals surface area (Å²) in [7, 11) is 0. The number of hydrogen-bond donors (Lipinski definition) is 2. The molecule has 23 heavy (non-hydrogen) atoms. The number of carbonyl (C=O) groups excluding carboxylic acids is 2. The van der Waals surface area contributed by atoms with Gasteiger partial charge in [-0.1, -0.05) is 30.3 Å². The van der Waals surface area contributed by atoms with E-state index in [2.05, 4.69) is 5.32 Å². The van der Waals surface area contributed by atoms with Gasteiger partial charge in [-0.2, -0.15) is 0 Å². The van der Waals surface area contributed by atoms with Crippen molar-refractivity contribution in [2.24, 2.45) is 17.6 Å². The summed E-state index contributed by atoms with van der Waals surface area (Å²) in [5, 5.41) is 2.83. The number of ketones is 1. The van der Waals surface area contributed by atoms with Crippen LogP contribution in [0.3, 0.4) is 0 Å². The van der Waals surface area contributed by atoms with Crippen LogP contribution in [0.15, 0.2) is 30.3 Å². The molecule has 0 saturated heterocycles. The summed E-state index contributed by atoms with van der Waals surface area (Å²) in [6.07, 6.45) is -0.0975. The third kappa shape index (κ3) is 3.24. The standard InChI is InChI=1S/C18H24N2O3/c1-18(2,3)23-17(22)20-11-9-12(21)14(11)15-13(16(15)19)10-7-5-4-6-8-10/h4-8,11,13-16H,9,19H2,1-3H3,(H,20,22)/t11?,13-,14?,15?,16+/m0/s1. The molecular formula is C18H24N2O3. The number of amides is 1. The molecule has 2 fully saturated rings. The molecule has 0 aromatic heterocycles. The zero-order chi connectivity index (χ0) is 16.8. The van der Waals surface area contributed by atoms with Crippen LogP contribution in [0.1, 0.15) is 38.7 Å². The van der Waals surface area contributed by atoms with Crippen LogP contribution in [-0.2, 0) is 9.53 Å². The van der Waals surface area contributed by atoms with Crippen molar-refractivity contribution in [3.05, 3.63) is 35.9 Å². The van der Waals surface area contributed by atoms with E-state index in [0.29, 0.717) is 6.42 Å². The topological polar surface area (TPSA) is 81.4 Å². The zero-order valence-corrected chi connectivity index (χ0v) is 13.8. The van der Waals surface area contributed by atoms with Crippen molar-refractivity contribution in [1.82, 2.24) is 5.32 Å². The van der Waals surface area contributed by atoms with Gasteiger partial charge in [-0.3, -0.25) is 4.79 Å². The maximum absolute atomic E-state index is 12.1. The number of Topliss-reactive ketones (excluding diaryl/α,β-unsaturated/α-hetero) is 1. The Morgan fingerprint density at radius 3 is 2.43 bits per heavy atom. The van der Waals surface area contributed by atoms with Gasteiger partial charge in [-0.25, -0.2) is 4.79 Å². The lowest BCUT2D eigenvalue weighted by Crippen LogP contribution is -2.55. The fourth-order valence-corrected chi connectivity index (χ4v) is 3.57. The summed E-state index contributed by atoms with van der Waals surface area (Å²) < 4.78 is 5.27. The highest BCUT2D eigenvalue weighted by molar-refractivity contribution is 5.91. The number of rotatable bonds is 3. The smallest absolute Gasteiger partial charge is 0.407 e. The van der Waals surface area contributed by atoms with Crippen LogP contribution in [0.4, 0.5) is 4.79 Å². The van der Waals surface area contributed by atoms with Crippen molar-refractivity contribution in [3.8, 4) is 0 Å². The number of alkyl carbamates (subject to hydrolysis) is 1. The predicted octanol–water partition coefficient (Wildman–Crippen LogP) is 2.21. The largest absolute Gasteiger partial charge is 0.444 e. The van der Waals surface area contributed by atoms with Crippen LogP contribution in [0.2, 0.25) is 0 Å². The molecule has 0 radical (unpaired) electrons. The van der Waals surface area contributed by atoms with Gasteiger partial charge in [0, 0.05) is 30.3 Å². The minimum Gasteiger partial charge on any atom is -0.444 e. The number of benzene rings is 1. The van der Waals surface area contributed by atoms with Crippen LogP contribution in [0.25, 0.3) is 0 Å². The van der Waals surface area contributed by atoms with Crippen molar-refractivity contribution in [3.63, 3.8) is 0 Å². The third-order valence-electron chi connectivity index (χ3n) is 4.66. The van der Waals surface area contributed by atoms with E-state index >= 15 is 0 Å². The van der Waals surface area contributed by atoms with Gasteiger partial charge in [0.15, 0.2) is 0 Å². The summed E-state index contributed by atoms with van der Waals surface area (Å²) in [6.45, 7) is 5.45. The van der Waals surface area contributed by atoms with E-state index in [1.807, 2.05) is 51.1 Å². The highest BCUT2D eigenvalue weighted by Crippen LogP contribution is 2.54. The summed E-state index contributed by atoms with van der Waals surface area (Å²) in [6, 6.07) is 9.84. The maximum atomic E-state index is 12.1. The molecule has 0 bridgehead atoms. The molecule has 5 atom stereocenters. The van der Waals surface area contributed by atoms with Crippen LogP contribution in [0.5, 0.6) is 0 Å². The summed E-state index contributed by atoms with van der Waals surface area (Å²) >= 11 is 0. The molecule has 0 spiro atoms. The molecule has 3 unspecified atom stereocenters. The maximum Gasteiger partial charge on any atom is 0.407 e. The van der Waals surface area contributed by atoms with Crippen molar-refractivity contribution in [2.45, 2.75) is 50.8 Å². The Labute approximate surface area is 136 Å². The van der Waals surface area contributed by atoms with Crippen molar-refractivity contribution >= 4 is 11.9 Å². The van der Waals surface area contributed by atoms with Crippen LogP contribution >= 0.6 is 0 Å². The molecule has 3 rings (SSSR count). The van der Waals surface area contributed by atoms with Gasteiger partial charge in [-0.15, -0.1) is 0 Å². The summed E-state index contributed by atoms with van der Waals surface area (Å²) in [4.78, 5) is 24.0. The Morgan fingerprint density at radius 1 is 1.22 bits per heavy atom. The van der Waals surface area contributed by atoms with Crippen LogP contribution < -0.4 is 11.1 Å². The number of carbonyl (C=O) groups is 2. The van der Waals surface area contributed by atoms with Crippen molar-refractivity contribution < 1.29 is 14.3 Å². The van der Waals surface area contributed by atoms with E-state index < -0.39 is 11.7 Å². The number of hydrogen-bond acceptors (Lipinski definition) is 4. The van der Waals surface area contributed by atoms with Crippen LogP contribution in [-0.4, -0.2) is 29.6 Å². The number of nitrogens with one attached hydrogen (secondary N) is 1. The normalized spacial score (nSPS) is 32.9. The number of ether oxygens (including phenoxy) is 1. The second kappa shape index (κ2) is 5.64. The highest BCUT2D eigenvalue weighted by Gasteiger charge is 2.60. The highest BCUT2D eigenvalue weighted by atomic mass is 16.6. The SMILES string of the molecule is CC(C)(C)OC(=O)NC1CC(=O)C1C1[C@H](N)[C@H]1c1ccccc1. The minimum absolute atomic E-state index is 0.0189. The van der Waals surface area contributed by atoms with E-state index in [9.17, 15) is 9.59 Å². The molecular weight excluding hydrogens is 292 g/mol. The average molecular weight is 316 g/mol. The molecule has 3 N–H and O–H groups in total. The first-order chi connectivity index (χ1) is 10.8. The summed E-state index contributed by atoms with van der Waals surface area (Å²) in [5.74, 6) is 0.305. The molecule has 5 heteroatoms. The Kier molecular flexibility index (Phi) is 3.92. The van der Waals surface area contributed by atoms with E-state index in [1.54, 1.807) is 0 Å². The van der Waals surface area contributed by atoms with E-state index in [1.165, 1.54) is 5.56 Å². The lowest BCUT2D eigenvalue weighted by Gasteiger charge is -2.36. The molecule has 5 nitrogen and oxygen atoms in total. The molecule has 2 saturated carbocycles. The predicted molar refractivity (Wildman–Crippen MR) is 86.9 cm³/mol. The Morgan fingerprint density at radius 2 is 1.87 bits per heavy atom. The first kappa shape index (κ1) is 16.0. The average Bonchev–Trinajstić information content (AvgIpc) is 3.07.